The molecule has 0 aliphatic heterocycles. The Hall–Kier alpha value is -0.633. The second kappa shape index (κ2) is 6.21. The quantitative estimate of drug-likeness (QED) is 0.497. The molecule has 1 aliphatic carbocycles. The number of allylic oxidation sites excluding steroid dienone is 4. The van der Waals surface area contributed by atoms with Crippen LogP contribution in [0.4, 0.5) is 0 Å². The third-order valence-corrected chi connectivity index (χ3v) is 6.06. The highest BCUT2D eigenvalue weighted by Gasteiger charge is 2.36. The molecule has 2 atom stereocenters. The minimum atomic E-state index is -0.944. The minimum absolute atomic E-state index is 0.206. The van der Waals surface area contributed by atoms with Crippen molar-refractivity contribution < 1.29 is 4.79 Å². The fourth-order valence-electron chi connectivity index (χ4n) is 2.76. The van der Waals surface area contributed by atoms with Crippen LogP contribution in [0, 0.1) is 11.3 Å². The van der Waals surface area contributed by atoms with Gasteiger partial charge in [-0.05, 0) is 43.2 Å². The standard InChI is InChI=1S/C17H30OSi/c1-14-12-16(18)13-15(2)17(14,3)10-8-7-9-11-19(4,5)6/h7,9,12,15H,8,10-11,13H2,1-6H3/b9-7-/t15-,17-/m1/s1. The van der Waals surface area contributed by atoms with Crippen molar-refractivity contribution in [3.05, 3.63) is 23.8 Å². The summed E-state index contributed by atoms with van der Waals surface area (Å²) in [5.74, 6) is 0.771. The number of hydrogen-bond donors (Lipinski definition) is 0. The molecular weight excluding hydrogens is 248 g/mol. The Morgan fingerprint density at radius 3 is 2.53 bits per heavy atom. The molecule has 0 saturated carbocycles. The van der Waals surface area contributed by atoms with Crippen molar-refractivity contribution >= 4 is 13.9 Å². The molecule has 0 N–H and O–H groups in total. The van der Waals surface area contributed by atoms with Crippen LogP contribution in [-0.2, 0) is 4.79 Å². The number of carbonyl (C=O) groups excluding carboxylic acids is 1. The first-order valence-electron chi connectivity index (χ1n) is 7.52. The first-order valence-corrected chi connectivity index (χ1v) is 11.2. The molecule has 0 aromatic carbocycles. The van der Waals surface area contributed by atoms with E-state index >= 15 is 0 Å². The highest BCUT2D eigenvalue weighted by Crippen LogP contribution is 2.44. The monoisotopic (exact) mass is 278 g/mol. The molecule has 0 unspecified atom stereocenters. The third-order valence-electron chi connectivity index (χ3n) is 4.60. The summed E-state index contributed by atoms with van der Waals surface area (Å²) >= 11 is 0. The van der Waals surface area contributed by atoms with E-state index in [1.54, 1.807) is 0 Å². The van der Waals surface area contributed by atoms with Gasteiger partial charge < -0.3 is 0 Å². The smallest absolute Gasteiger partial charge is 0.155 e. The maximum atomic E-state index is 11.6. The van der Waals surface area contributed by atoms with Gasteiger partial charge in [-0.2, -0.15) is 0 Å². The van der Waals surface area contributed by atoms with Crippen LogP contribution in [0.3, 0.4) is 0 Å². The topological polar surface area (TPSA) is 17.1 Å². The summed E-state index contributed by atoms with van der Waals surface area (Å²) in [6.45, 7) is 13.9. The van der Waals surface area contributed by atoms with Crippen LogP contribution in [0.1, 0.15) is 40.0 Å². The van der Waals surface area contributed by atoms with Crippen molar-refractivity contribution in [1.82, 2.24) is 0 Å². The van der Waals surface area contributed by atoms with E-state index in [-0.39, 0.29) is 5.41 Å². The van der Waals surface area contributed by atoms with Crippen molar-refractivity contribution in [1.29, 1.82) is 0 Å². The largest absolute Gasteiger partial charge is 0.295 e. The number of hydrogen-bond acceptors (Lipinski definition) is 1. The molecular formula is C17H30OSi. The van der Waals surface area contributed by atoms with Gasteiger partial charge in [0.05, 0.1) is 0 Å². The lowest BCUT2D eigenvalue weighted by atomic mass is 9.65. The van der Waals surface area contributed by atoms with Gasteiger partial charge in [-0.15, -0.1) is 0 Å². The molecule has 0 bridgehead atoms. The van der Waals surface area contributed by atoms with Gasteiger partial charge in [0.25, 0.3) is 0 Å². The fraction of sp³-hybridized carbons (Fsp3) is 0.706. The zero-order valence-corrected chi connectivity index (χ0v) is 14.5. The molecule has 1 aliphatic rings. The van der Waals surface area contributed by atoms with Crippen molar-refractivity contribution in [2.75, 3.05) is 0 Å². The van der Waals surface area contributed by atoms with Crippen molar-refractivity contribution in [2.24, 2.45) is 11.3 Å². The van der Waals surface area contributed by atoms with E-state index in [1.165, 1.54) is 11.6 Å². The summed E-state index contributed by atoms with van der Waals surface area (Å²) in [6, 6.07) is 1.27. The Labute approximate surface area is 120 Å². The molecule has 0 fully saturated rings. The predicted octanol–water partition coefficient (Wildman–Crippen LogP) is 5.22. The van der Waals surface area contributed by atoms with Crippen molar-refractivity contribution in [2.45, 2.75) is 65.7 Å². The number of rotatable bonds is 5. The van der Waals surface area contributed by atoms with Crippen LogP contribution in [-0.4, -0.2) is 13.9 Å². The molecule has 0 heterocycles. The van der Waals surface area contributed by atoms with Crippen LogP contribution >= 0.6 is 0 Å². The molecule has 0 aromatic heterocycles. The van der Waals surface area contributed by atoms with Crippen molar-refractivity contribution in [3.8, 4) is 0 Å². The van der Waals surface area contributed by atoms with Gasteiger partial charge in [0.2, 0.25) is 0 Å². The third kappa shape index (κ3) is 4.76. The average Bonchev–Trinajstić information content (AvgIpc) is 2.24. The lowest BCUT2D eigenvalue weighted by Crippen LogP contribution is -2.32. The molecule has 0 spiro atoms. The normalized spacial score (nSPS) is 28.8. The van der Waals surface area contributed by atoms with E-state index in [2.05, 4.69) is 52.6 Å². The molecule has 0 amide bonds. The van der Waals surface area contributed by atoms with E-state index in [4.69, 9.17) is 0 Å². The van der Waals surface area contributed by atoms with Gasteiger partial charge in [-0.3, -0.25) is 4.79 Å². The molecule has 0 aromatic rings. The molecule has 108 valence electrons. The van der Waals surface area contributed by atoms with Gasteiger partial charge in [-0.25, -0.2) is 0 Å². The van der Waals surface area contributed by atoms with E-state index < -0.39 is 8.07 Å². The summed E-state index contributed by atoms with van der Waals surface area (Å²) < 4.78 is 0. The molecule has 1 nitrogen and oxygen atoms in total. The van der Waals surface area contributed by atoms with Gasteiger partial charge in [0, 0.05) is 14.5 Å². The zero-order valence-electron chi connectivity index (χ0n) is 13.5. The Kier molecular flexibility index (Phi) is 5.37. The maximum Gasteiger partial charge on any atom is 0.155 e. The van der Waals surface area contributed by atoms with Gasteiger partial charge in [0.1, 0.15) is 0 Å². The lowest BCUT2D eigenvalue weighted by Gasteiger charge is -2.39. The summed E-state index contributed by atoms with van der Waals surface area (Å²) in [7, 11) is -0.944. The van der Waals surface area contributed by atoms with E-state index in [9.17, 15) is 4.79 Å². The summed E-state index contributed by atoms with van der Waals surface area (Å²) in [5.41, 5.74) is 1.48. The van der Waals surface area contributed by atoms with Crippen LogP contribution in [0.25, 0.3) is 0 Å². The number of carbonyl (C=O) groups is 1. The second-order valence-electron chi connectivity index (χ2n) is 7.59. The van der Waals surface area contributed by atoms with Gasteiger partial charge in [-0.1, -0.05) is 51.2 Å². The van der Waals surface area contributed by atoms with E-state index in [1.807, 2.05) is 6.08 Å². The highest BCUT2D eigenvalue weighted by atomic mass is 28.3. The summed E-state index contributed by atoms with van der Waals surface area (Å²) in [5, 5.41) is 0. The summed E-state index contributed by atoms with van der Waals surface area (Å²) in [6.07, 6.45) is 9.59. The fourth-order valence-corrected chi connectivity index (χ4v) is 3.64. The zero-order chi connectivity index (χ0) is 14.7. The Morgan fingerprint density at radius 2 is 2.00 bits per heavy atom. The molecule has 2 heteroatoms. The molecule has 0 saturated heterocycles. The first kappa shape index (κ1) is 16.4. The Balaban J connectivity index is 2.56. The lowest BCUT2D eigenvalue weighted by molar-refractivity contribution is -0.117. The SMILES string of the molecule is CC1=CC(=O)C[C@@H](C)[C@]1(C)CC/C=C\C[Si](C)(C)C. The molecule has 0 radical (unpaired) electrons. The summed E-state index contributed by atoms with van der Waals surface area (Å²) in [4.78, 5) is 11.6. The second-order valence-corrected chi connectivity index (χ2v) is 13.1. The van der Waals surface area contributed by atoms with E-state index in [0.29, 0.717) is 18.1 Å². The van der Waals surface area contributed by atoms with Gasteiger partial charge >= 0.3 is 0 Å². The minimum Gasteiger partial charge on any atom is -0.295 e. The predicted molar refractivity (Wildman–Crippen MR) is 87.2 cm³/mol. The van der Waals surface area contributed by atoms with Crippen LogP contribution < -0.4 is 0 Å². The van der Waals surface area contributed by atoms with Gasteiger partial charge in [0.15, 0.2) is 5.78 Å². The Morgan fingerprint density at radius 1 is 1.37 bits per heavy atom. The molecule has 19 heavy (non-hydrogen) atoms. The van der Waals surface area contributed by atoms with Crippen molar-refractivity contribution in [3.63, 3.8) is 0 Å². The highest BCUT2D eigenvalue weighted by molar-refractivity contribution is 6.76. The van der Waals surface area contributed by atoms with E-state index in [0.717, 1.165) is 12.8 Å². The maximum absolute atomic E-state index is 11.6. The Bertz CT molecular complexity index is 387. The number of ketones is 1. The van der Waals surface area contributed by atoms with Crippen LogP contribution in [0.5, 0.6) is 0 Å². The van der Waals surface area contributed by atoms with Crippen LogP contribution in [0.2, 0.25) is 25.7 Å². The molecule has 1 rings (SSSR count). The average molecular weight is 279 g/mol. The van der Waals surface area contributed by atoms with Crippen LogP contribution in [0.15, 0.2) is 23.8 Å². The first-order chi connectivity index (χ1) is 8.65.